The average molecular weight is 407 g/mol. The number of nitrogens with one attached hydrogen (secondary N) is 1. The summed E-state index contributed by atoms with van der Waals surface area (Å²) in [6.45, 7) is 4.66. The van der Waals surface area contributed by atoms with Crippen LogP contribution in [0.5, 0.6) is 5.75 Å². The molecule has 0 radical (unpaired) electrons. The Morgan fingerprint density at radius 2 is 1.93 bits per heavy atom. The molecule has 1 aliphatic rings. The molecule has 1 saturated heterocycles. The van der Waals surface area contributed by atoms with Gasteiger partial charge in [-0.15, -0.1) is 0 Å². The fourth-order valence-corrected chi connectivity index (χ4v) is 4.09. The minimum atomic E-state index is -4.37. The van der Waals surface area contributed by atoms with Crippen LogP contribution >= 0.6 is 0 Å². The predicted octanol–water partition coefficient (Wildman–Crippen LogP) is 2.17. The fourth-order valence-electron chi connectivity index (χ4n) is 2.73. The van der Waals surface area contributed by atoms with Crippen LogP contribution in [0.25, 0.3) is 0 Å². The number of nitrogens with zero attached hydrogens (tertiary/aromatic N) is 2. The maximum Gasteiger partial charge on any atom is 0.416 e. The van der Waals surface area contributed by atoms with Crippen molar-refractivity contribution in [2.75, 3.05) is 39.0 Å². The largest absolute Gasteiger partial charge is 0.492 e. The smallest absolute Gasteiger partial charge is 0.416 e. The SMILES string of the molecule is CN=C(NCCOc1ccc(C(F)(F)F)cc1)N1CCS(=O)(=O)C(C)(C)C1. The summed E-state index contributed by atoms with van der Waals surface area (Å²) in [5, 5.41) is 3.09. The van der Waals surface area contributed by atoms with Crippen LogP contribution in [0.3, 0.4) is 0 Å². The Morgan fingerprint density at radius 1 is 1.30 bits per heavy atom. The second-order valence-corrected chi connectivity index (χ2v) is 9.59. The third-order valence-electron chi connectivity index (χ3n) is 4.39. The number of sulfone groups is 1. The number of hydrogen-bond donors (Lipinski definition) is 1. The number of benzene rings is 1. The molecule has 27 heavy (non-hydrogen) atoms. The van der Waals surface area contributed by atoms with E-state index >= 15 is 0 Å². The molecular formula is C17H24F3N3O3S. The van der Waals surface area contributed by atoms with Crippen LogP contribution in [0.4, 0.5) is 13.2 Å². The molecule has 0 spiro atoms. The van der Waals surface area contributed by atoms with Crippen molar-refractivity contribution >= 4 is 15.8 Å². The Labute approximate surface area is 157 Å². The fraction of sp³-hybridized carbons (Fsp3) is 0.588. The van der Waals surface area contributed by atoms with Crippen LogP contribution in [0.15, 0.2) is 29.3 Å². The van der Waals surface area contributed by atoms with Crippen LogP contribution < -0.4 is 10.1 Å². The molecule has 0 atom stereocenters. The molecule has 6 nitrogen and oxygen atoms in total. The lowest BCUT2D eigenvalue weighted by molar-refractivity contribution is -0.137. The topological polar surface area (TPSA) is 71.0 Å². The molecule has 1 N–H and O–H groups in total. The highest BCUT2D eigenvalue weighted by atomic mass is 32.2. The van der Waals surface area contributed by atoms with Crippen molar-refractivity contribution in [3.8, 4) is 5.75 Å². The molecule has 1 fully saturated rings. The molecule has 1 aromatic carbocycles. The first-order valence-corrected chi connectivity index (χ1v) is 10.1. The Bertz CT molecular complexity index is 775. The van der Waals surface area contributed by atoms with Crippen molar-refractivity contribution in [2.45, 2.75) is 24.8 Å². The first-order chi connectivity index (χ1) is 12.5. The van der Waals surface area contributed by atoms with E-state index in [4.69, 9.17) is 4.74 Å². The van der Waals surface area contributed by atoms with Crippen LogP contribution in [0.1, 0.15) is 19.4 Å². The highest BCUT2D eigenvalue weighted by molar-refractivity contribution is 7.92. The Morgan fingerprint density at radius 3 is 2.44 bits per heavy atom. The van der Waals surface area contributed by atoms with Gasteiger partial charge in [0.1, 0.15) is 12.4 Å². The second kappa shape index (κ2) is 7.95. The summed E-state index contributed by atoms with van der Waals surface area (Å²) in [7, 11) is -1.53. The highest BCUT2D eigenvalue weighted by Gasteiger charge is 2.40. The molecule has 2 rings (SSSR count). The number of ether oxygens (including phenoxy) is 1. The molecule has 0 unspecified atom stereocenters. The summed E-state index contributed by atoms with van der Waals surface area (Å²) >= 11 is 0. The first kappa shape index (κ1) is 21.3. The van der Waals surface area contributed by atoms with E-state index in [2.05, 4.69) is 10.3 Å². The van der Waals surface area contributed by atoms with E-state index in [0.717, 1.165) is 12.1 Å². The number of halogens is 3. The van der Waals surface area contributed by atoms with Crippen molar-refractivity contribution in [3.63, 3.8) is 0 Å². The summed E-state index contributed by atoms with van der Waals surface area (Å²) < 4.78 is 66.3. The van der Waals surface area contributed by atoms with Gasteiger partial charge in [0.2, 0.25) is 0 Å². The monoisotopic (exact) mass is 407 g/mol. The van der Waals surface area contributed by atoms with Crippen molar-refractivity contribution in [3.05, 3.63) is 29.8 Å². The standard InChI is InChI=1S/C17H24F3N3O3S/c1-16(2)12-23(9-11-27(16,24)25)15(21-3)22-8-10-26-14-6-4-13(5-7-14)17(18,19)20/h4-7H,8-12H2,1-3H3,(H,21,22). The normalized spacial score (nSPS) is 19.6. The van der Waals surface area contributed by atoms with Gasteiger partial charge in [-0.05, 0) is 38.1 Å². The number of guanidine groups is 1. The molecule has 0 amide bonds. The number of alkyl halides is 3. The van der Waals surface area contributed by atoms with Gasteiger partial charge in [-0.25, -0.2) is 8.42 Å². The Hall–Kier alpha value is -1.97. The van der Waals surface area contributed by atoms with E-state index in [1.807, 2.05) is 4.90 Å². The number of aliphatic imine (C=N–C) groups is 1. The third-order valence-corrected chi connectivity index (χ3v) is 6.92. The van der Waals surface area contributed by atoms with Gasteiger partial charge < -0.3 is 15.0 Å². The minimum Gasteiger partial charge on any atom is -0.492 e. The van der Waals surface area contributed by atoms with Crippen molar-refractivity contribution in [2.24, 2.45) is 4.99 Å². The van der Waals surface area contributed by atoms with E-state index in [0.29, 0.717) is 31.3 Å². The molecule has 1 heterocycles. The van der Waals surface area contributed by atoms with E-state index in [9.17, 15) is 21.6 Å². The molecule has 152 valence electrons. The molecular weight excluding hydrogens is 383 g/mol. The summed E-state index contributed by atoms with van der Waals surface area (Å²) in [4.78, 5) is 6.04. The number of hydrogen-bond acceptors (Lipinski definition) is 4. The lowest BCUT2D eigenvalue weighted by atomic mass is 10.2. The van der Waals surface area contributed by atoms with Crippen LogP contribution in [0.2, 0.25) is 0 Å². The summed E-state index contributed by atoms with van der Waals surface area (Å²) in [6.07, 6.45) is -4.37. The van der Waals surface area contributed by atoms with E-state index in [-0.39, 0.29) is 12.4 Å². The van der Waals surface area contributed by atoms with Gasteiger partial charge in [-0.2, -0.15) is 13.2 Å². The zero-order chi connectivity index (χ0) is 20.3. The van der Waals surface area contributed by atoms with Gasteiger partial charge >= 0.3 is 6.18 Å². The maximum absolute atomic E-state index is 12.5. The van der Waals surface area contributed by atoms with Crippen LogP contribution in [-0.2, 0) is 16.0 Å². The van der Waals surface area contributed by atoms with Gasteiger partial charge in [-0.1, -0.05) is 0 Å². The Kier molecular flexibility index (Phi) is 6.28. The van der Waals surface area contributed by atoms with E-state index in [1.165, 1.54) is 12.1 Å². The molecule has 1 aromatic rings. The highest BCUT2D eigenvalue weighted by Crippen LogP contribution is 2.30. The average Bonchev–Trinajstić information content (AvgIpc) is 2.57. The molecule has 0 saturated carbocycles. The third kappa shape index (κ3) is 5.27. The zero-order valence-electron chi connectivity index (χ0n) is 15.5. The minimum absolute atomic E-state index is 0.0583. The van der Waals surface area contributed by atoms with Crippen molar-refractivity contribution in [1.82, 2.24) is 10.2 Å². The molecule has 1 aliphatic heterocycles. The summed E-state index contributed by atoms with van der Waals surface area (Å²) in [6, 6.07) is 4.49. The molecule has 10 heteroatoms. The van der Waals surface area contributed by atoms with Gasteiger partial charge in [0.05, 0.1) is 22.6 Å². The number of rotatable bonds is 4. The van der Waals surface area contributed by atoms with Crippen LogP contribution in [0, 0.1) is 0 Å². The molecule has 0 bridgehead atoms. The predicted molar refractivity (Wildman–Crippen MR) is 97.7 cm³/mol. The second-order valence-electron chi connectivity index (χ2n) is 6.84. The van der Waals surface area contributed by atoms with Gasteiger partial charge in [0, 0.05) is 20.1 Å². The van der Waals surface area contributed by atoms with Gasteiger partial charge in [0.25, 0.3) is 0 Å². The van der Waals surface area contributed by atoms with E-state index < -0.39 is 26.3 Å². The van der Waals surface area contributed by atoms with Crippen molar-refractivity contribution in [1.29, 1.82) is 0 Å². The Balaban J connectivity index is 1.84. The lowest BCUT2D eigenvalue weighted by Gasteiger charge is -2.39. The van der Waals surface area contributed by atoms with Gasteiger partial charge in [0.15, 0.2) is 15.8 Å². The first-order valence-electron chi connectivity index (χ1n) is 8.44. The van der Waals surface area contributed by atoms with Gasteiger partial charge in [-0.3, -0.25) is 4.99 Å². The lowest BCUT2D eigenvalue weighted by Crippen LogP contribution is -2.57. The van der Waals surface area contributed by atoms with Crippen LogP contribution in [-0.4, -0.2) is 63.1 Å². The quantitative estimate of drug-likeness (QED) is 0.471. The summed E-state index contributed by atoms with van der Waals surface area (Å²) in [5.74, 6) is 0.960. The molecule has 0 aromatic heterocycles. The van der Waals surface area contributed by atoms with E-state index in [1.54, 1.807) is 20.9 Å². The maximum atomic E-state index is 12.5. The molecule has 0 aliphatic carbocycles. The van der Waals surface area contributed by atoms with Crippen molar-refractivity contribution < 1.29 is 26.3 Å². The summed E-state index contributed by atoms with van der Waals surface area (Å²) in [5.41, 5.74) is -0.726. The zero-order valence-corrected chi connectivity index (χ0v) is 16.3.